The zero-order valence-electron chi connectivity index (χ0n) is 12.3. The first-order valence-electron chi connectivity index (χ1n) is 7.22. The maximum absolute atomic E-state index is 11.4. The van der Waals surface area contributed by atoms with Gasteiger partial charge in [0, 0.05) is 11.6 Å². The summed E-state index contributed by atoms with van der Waals surface area (Å²) in [6.07, 6.45) is 1.82. The van der Waals surface area contributed by atoms with Gasteiger partial charge in [-0.15, -0.1) is 0 Å². The summed E-state index contributed by atoms with van der Waals surface area (Å²) in [4.78, 5) is 11.4. The number of aryl methyl sites for hydroxylation is 1. The number of hydrogen-bond acceptors (Lipinski definition) is 3. The normalized spacial score (nSPS) is 19.9. The van der Waals surface area contributed by atoms with Crippen LogP contribution in [-0.2, 0) is 4.79 Å². The summed E-state index contributed by atoms with van der Waals surface area (Å²) in [5.41, 5.74) is 2.18. The van der Waals surface area contributed by atoms with Gasteiger partial charge >= 0.3 is 5.97 Å². The van der Waals surface area contributed by atoms with E-state index in [4.69, 9.17) is 4.74 Å². The molecule has 0 aromatic heterocycles. The Labute approximate surface area is 120 Å². The largest absolute Gasteiger partial charge is 0.493 e. The quantitative estimate of drug-likeness (QED) is 0.888. The molecule has 0 bridgehead atoms. The Bertz CT molecular complexity index is 485. The molecule has 1 aromatic carbocycles. The first-order chi connectivity index (χ1) is 9.50. The fourth-order valence-electron chi connectivity index (χ4n) is 2.70. The minimum absolute atomic E-state index is 0.0379. The molecule has 0 radical (unpaired) electrons. The molecule has 0 spiro atoms. The third kappa shape index (κ3) is 3.12. The Balaban J connectivity index is 2.29. The second-order valence-electron chi connectivity index (χ2n) is 5.76. The van der Waals surface area contributed by atoms with Crippen molar-refractivity contribution in [3.63, 3.8) is 0 Å². The van der Waals surface area contributed by atoms with Crippen molar-refractivity contribution in [2.75, 3.05) is 6.61 Å². The highest BCUT2D eigenvalue weighted by Crippen LogP contribution is 2.34. The molecule has 0 saturated heterocycles. The molecule has 1 aliphatic rings. The van der Waals surface area contributed by atoms with Crippen LogP contribution in [0.2, 0.25) is 0 Å². The van der Waals surface area contributed by atoms with Crippen LogP contribution in [0.5, 0.6) is 5.75 Å². The van der Waals surface area contributed by atoms with E-state index in [2.05, 4.69) is 5.32 Å². The molecule has 4 heteroatoms. The highest BCUT2D eigenvalue weighted by molar-refractivity contribution is 5.73. The number of carbonyl (C=O) groups is 1. The molecule has 2 N–H and O–H groups in total. The van der Waals surface area contributed by atoms with Crippen molar-refractivity contribution in [1.29, 1.82) is 0 Å². The SMILES string of the molecule is Cc1cccc2c1OCCCC2NC(C(=O)O)C(C)C. The van der Waals surface area contributed by atoms with Crippen molar-refractivity contribution in [2.45, 2.75) is 45.7 Å². The van der Waals surface area contributed by atoms with Gasteiger partial charge in [0.05, 0.1) is 6.61 Å². The Morgan fingerprint density at radius 1 is 1.45 bits per heavy atom. The third-order valence-corrected chi connectivity index (χ3v) is 3.81. The number of carboxylic acids is 1. The number of nitrogens with one attached hydrogen (secondary N) is 1. The van der Waals surface area contributed by atoms with E-state index in [1.54, 1.807) is 0 Å². The smallest absolute Gasteiger partial charge is 0.320 e. The average Bonchev–Trinajstić information content (AvgIpc) is 2.58. The van der Waals surface area contributed by atoms with Gasteiger partial charge in [0.25, 0.3) is 0 Å². The highest BCUT2D eigenvalue weighted by atomic mass is 16.5. The van der Waals surface area contributed by atoms with Crippen LogP contribution in [-0.4, -0.2) is 23.7 Å². The lowest BCUT2D eigenvalue weighted by Crippen LogP contribution is -2.42. The molecule has 0 fully saturated rings. The van der Waals surface area contributed by atoms with Crippen LogP contribution in [0.1, 0.15) is 43.9 Å². The maximum Gasteiger partial charge on any atom is 0.320 e. The first-order valence-corrected chi connectivity index (χ1v) is 7.22. The van der Waals surface area contributed by atoms with Crippen LogP contribution in [0.4, 0.5) is 0 Å². The molecule has 1 heterocycles. The molecule has 0 amide bonds. The van der Waals surface area contributed by atoms with Crippen LogP contribution in [0.15, 0.2) is 18.2 Å². The average molecular weight is 277 g/mol. The standard InChI is InChI=1S/C16H23NO3/c1-10(2)14(16(18)19)17-13-8-5-9-20-15-11(3)6-4-7-12(13)15/h4,6-7,10,13-14,17H,5,8-9H2,1-3H3,(H,18,19). The summed E-state index contributed by atoms with van der Waals surface area (Å²) in [6.45, 7) is 6.57. The molecule has 110 valence electrons. The molecule has 1 aliphatic heterocycles. The molecule has 20 heavy (non-hydrogen) atoms. The molecular formula is C16H23NO3. The maximum atomic E-state index is 11.4. The summed E-state index contributed by atoms with van der Waals surface area (Å²) in [6, 6.07) is 5.56. The number of aliphatic carboxylic acids is 1. The third-order valence-electron chi connectivity index (χ3n) is 3.81. The van der Waals surface area contributed by atoms with E-state index in [9.17, 15) is 9.90 Å². The number of ether oxygens (including phenoxy) is 1. The van der Waals surface area contributed by atoms with Gasteiger partial charge in [0.1, 0.15) is 11.8 Å². The summed E-state index contributed by atoms with van der Waals surface area (Å²) in [7, 11) is 0. The zero-order chi connectivity index (χ0) is 14.7. The molecule has 4 nitrogen and oxygen atoms in total. The van der Waals surface area contributed by atoms with Gasteiger partial charge in [-0.3, -0.25) is 10.1 Å². The Morgan fingerprint density at radius 2 is 2.20 bits per heavy atom. The van der Waals surface area contributed by atoms with Gasteiger partial charge in [0.2, 0.25) is 0 Å². The number of para-hydroxylation sites is 1. The molecule has 0 saturated carbocycles. The van der Waals surface area contributed by atoms with Crippen molar-refractivity contribution in [2.24, 2.45) is 5.92 Å². The monoisotopic (exact) mass is 277 g/mol. The molecule has 1 aromatic rings. The van der Waals surface area contributed by atoms with E-state index in [1.807, 2.05) is 39.0 Å². The summed E-state index contributed by atoms with van der Waals surface area (Å²) >= 11 is 0. The van der Waals surface area contributed by atoms with Crippen molar-refractivity contribution in [3.8, 4) is 5.75 Å². The molecule has 0 aliphatic carbocycles. The zero-order valence-corrected chi connectivity index (χ0v) is 12.3. The van der Waals surface area contributed by atoms with Crippen molar-refractivity contribution in [1.82, 2.24) is 5.32 Å². The van der Waals surface area contributed by atoms with Gasteiger partial charge in [-0.2, -0.15) is 0 Å². The van der Waals surface area contributed by atoms with E-state index in [0.717, 1.165) is 29.7 Å². The number of benzene rings is 1. The fourth-order valence-corrected chi connectivity index (χ4v) is 2.70. The minimum Gasteiger partial charge on any atom is -0.493 e. The molecule has 2 atom stereocenters. The molecule has 2 rings (SSSR count). The van der Waals surface area contributed by atoms with Crippen molar-refractivity contribution >= 4 is 5.97 Å². The number of rotatable bonds is 4. The summed E-state index contributed by atoms with van der Waals surface area (Å²) in [5, 5.41) is 12.7. The topological polar surface area (TPSA) is 58.6 Å². The van der Waals surface area contributed by atoms with E-state index in [0.29, 0.717) is 6.61 Å². The summed E-state index contributed by atoms with van der Waals surface area (Å²) < 4.78 is 5.82. The number of carboxylic acid groups (broad SMARTS) is 1. The first kappa shape index (κ1) is 14.9. The van der Waals surface area contributed by atoms with Gasteiger partial charge in [-0.05, 0) is 31.2 Å². The van der Waals surface area contributed by atoms with Crippen molar-refractivity contribution in [3.05, 3.63) is 29.3 Å². The Hall–Kier alpha value is -1.55. The van der Waals surface area contributed by atoms with Crippen LogP contribution in [0.25, 0.3) is 0 Å². The molecule has 2 unspecified atom stereocenters. The minimum atomic E-state index is -0.792. The van der Waals surface area contributed by atoms with Gasteiger partial charge in [0.15, 0.2) is 0 Å². The van der Waals surface area contributed by atoms with Crippen LogP contribution < -0.4 is 10.1 Å². The highest BCUT2D eigenvalue weighted by Gasteiger charge is 2.28. The van der Waals surface area contributed by atoms with Gasteiger partial charge in [-0.1, -0.05) is 32.0 Å². The lowest BCUT2D eigenvalue weighted by atomic mass is 9.96. The predicted molar refractivity (Wildman–Crippen MR) is 78.0 cm³/mol. The summed E-state index contributed by atoms with van der Waals surface area (Å²) in [5.74, 6) is 0.166. The van der Waals surface area contributed by atoms with E-state index >= 15 is 0 Å². The number of hydrogen-bond donors (Lipinski definition) is 2. The van der Waals surface area contributed by atoms with Crippen molar-refractivity contribution < 1.29 is 14.6 Å². The van der Waals surface area contributed by atoms with Crippen LogP contribution in [0.3, 0.4) is 0 Å². The van der Waals surface area contributed by atoms with Crippen LogP contribution >= 0.6 is 0 Å². The second kappa shape index (κ2) is 6.27. The van der Waals surface area contributed by atoms with Gasteiger partial charge < -0.3 is 9.84 Å². The molecular weight excluding hydrogens is 254 g/mol. The van der Waals surface area contributed by atoms with Crippen LogP contribution in [0, 0.1) is 12.8 Å². The van der Waals surface area contributed by atoms with E-state index in [1.165, 1.54) is 0 Å². The lowest BCUT2D eigenvalue weighted by Gasteiger charge is -2.25. The predicted octanol–water partition coefficient (Wildman–Crippen LogP) is 2.91. The van der Waals surface area contributed by atoms with E-state index in [-0.39, 0.29) is 12.0 Å². The Kier molecular flexibility index (Phi) is 4.65. The fraction of sp³-hybridized carbons (Fsp3) is 0.562. The number of fused-ring (bicyclic) bond motifs is 1. The Morgan fingerprint density at radius 3 is 2.85 bits per heavy atom. The second-order valence-corrected chi connectivity index (χ2v) is 5.76. The van der Waals surface area contributed by atoms with Gasteiger partial charge in [-0.25, -0.2) is 0 Å². The van der Waals surface area contributed by atoms with E-state index < -0.39 is 12.0 Å². The lowest BCUT2D eigenvalue weighted by molar-refractivity contribution is -0.140.